The topological polar surface area (TPSA) is 60.4 Å². The number of carbonyl (C=O) groups excluding carboxylic acids is 3. The molecule has 0 radical (unpaired) electrons. The molecule has 4 aliphatic carbocycles. The van der Waals surface area contributed by atoms with Crippen molar-refractivity contribution in [2.75, 3.05) is 6.61 Å². The van der Waals surface area contributed by atoms with Crippen LogP contribution >= 0.6 is 0 Å². The Kier molecular flexibility index (Phi) is 3.13. The zero-order valence-corrected chi connectivity index (χ0v) is 15.0. The Morgan fingerprint density at radius 2 is 2.08 bits per heavy atom. The van der Waals surface area contributed by atoms with Gasteiger partial charge in [0, 0.05) is 30.1 Å². The average molecular weight is 342 g/mol. The molecule has 0 aromatic rings. The quantitative estimate of drug-likeness (QED) is 0.735. The van der Waals surface area contributed by atoms with E-state index in [0.717, 1.165) is 31.3 Å². The number of Topliss-reactive ketones (excluding diaryl/α,β-unsaturated/α-hetero) is 2. The molecule has 0 aromatic heterocycles. The summed E-state index contributed by atoms with van der Waals surface area (Å²) in [4.78, 5) is 37.6. The maximum absolute atomic E-state index is 13.4. The van der Waals surface area contributed by atoms with Gasteiger partial charge in [-0.3, -0.25) is 14.4 Å². The second-order valence-corrected chi connectivity index (χ2v) is 9.39. The summed E-state index contributed by atoms with van der Waals surface area (Å²) >= 11 is 0. The fourth-order valence-corrected chi connectivity index (χ4v) is 7.52. The lowest BCUT2D eigenvalue weighted by Gasteiger charge is -2.55. The minimum atomic E-state index is -0.228. The number of hydrogen-bond acceptors (Lipinski definition) is 4. The Balaban J connectivity index is 1.59. The monoisotopic (exact) mass is 342 g/mol. The molecule has 1 aliphatic heterocycles. The Labute approximate surface area is 148 Å². The highest BCUT2D eigenvalue weighted by Gasteiger charge is 2.67. The minimum Gasteiger partial charge on any atom is -0.373 e. The number of rotatable bonds is 1. The van der Waals surface area contributed by atoms with Crippen molar-refractivity contribution in [3.05, 3.63) is 11.6 Å². The molecule has 0 N–H and O–H groups in total. The molecule has 25 heavy (non-hydrogen) atoms. The van der Waals surface area contributed by atoms with E-state index < -0.39 is 0 Å². The van der Waals surface area contributed by atoms with Crippen molar-refractivity contribution in [2.45, 2.75) is 58.5 Å². The average Bonchev–Trinajstić information content (AvgIpc) is 3.01. The van der Waals surface area contributed by atoms with Crippen LogP contribution in [0.15, 0.2) is 11.6 Å². The van der Waals surface area contributed by atoms with Crippen LogP contribution in [0.2, 0.25) is 0 Å². The summed E-state index contributed by atoms with van der Waals surface area (Å²) in [7, 11) is 0. The van der Waals surface area contributed by atoms with Crippen molar-refractivity contribution >= 4 is 17.3 Å². The number of carbonyl (C=O) groups is 3. The van der Waals surface area contributed by atoms with Gasteiger partial charge in [-0.2, -0.15) is 0 Å². The predicted octanol–water partition coefficient (Wildman–Crippen LogP) is 2.89. The van der Waals surface area contributed by atoms with Crippen LogP contribution in [0.3, 0.4) is 0 Å². The highest BCUT2D eigenvalue weighted by atomic mass is 16.5. The van der Waals surface area contributed by atoms with Gasteiger partial charge >= 0.3 is 0 Å². The number of ketones is 3. The first-order valence-corrected chi connectivity index (χ1v) is 9.76. The molecule has 4 nitrogen and oxygen atoms in total. The van der Waals surface area contributed by atoms with E-state index in [9.17, 15) is 14.4 Å². The second-order valence-electron chi connectivity index (χ2n) is 9.39. The molecule has 4 heteroatoms. The molecular weight excluding hydrogens is 316 g/mol. The molecule has 1 heterocycles. The smallest absolute Gasteiger partial charge is 0.155 e. The summed E-state index contributed by atoms with van der Waals surface area (Å²) in [6.45, 7) is 4.47. The van der Waals surface area contributed by atoms with Crippen LogP contribution in [0, 0.1) is 34.5 Å². The SMILES string of the molecule is CC(=O)[C@H]1CC[C@H]2[C@@H]3C[C@@H]4OC[C@@]5(CCC(=O)C=C45)[C@H]3C(=O)C[C@]12C. The van der Waals surface area contributed by atoms with E-state index >= 15 is 0 Å². The van der Waals surface area contributed by atoms with Gasteiger partial charge in [-0.1, -0.05) is 6.92 Å². The van der Waals surface area contributed by atoms with Crippen LogP contribution in [0.25, 0.3) is 0 Å². The fraction of sp³-hybridized carbons (Fsp3) is 0.762. The minimum absolute atomic E-state index is 0.00520. The molecular formula is C21H26O4. The van der Waals surface area contributed by atoms with Crippen molar-refractivity contribution < 1.29 is 19.1 Å². The molecule has 0 unspecified atom stereocenters. The van der Waals surface area contributed by atoms with Gasteiger partial charge in [0.1, 0.15) is 11.6 Å². The van der Waals surface area contributed by atoms with Crippen LogP contribution in [0.4, 0.5) is 0 Å². The van der Waals surface area contributed by atoms with Gasteiger partial charge in [0.25, 0.3) is 0 Å². The normalized spacial score (nSPS) is 50.8. The third kappa shape index (κ3) is 1.84. The van der Waals surface area contributed by atoms with E-state index in [1.54, 1.807) is 13.0 Å². The van der Waals surface area contributed by atoms with Gasteiger partial charge in [-0.25, -0.2) is 0 Å². The lowest BCUT2D eigenvalue weighted by Crippen LogP contribution is -2.56. The zero-order chi connectivity index (χ0) is 17.6. The van der Waals surface area contributed by atoms with Gasteiger partial charge in [0.05, 0.1) is 12.7 Å². The van der Waals surface area contributed by atoms with Crippen LogP contribution in [0.1, 0.15) is 52.4 Å². The molecule has 1 saturated heterocycles. The van der Waals surface area contributed by atoms with Crippen LogP contribution in [-0.2, 0) is 19.1 Å². The second kappa shape index (κ2) is 4.91. The molecule has 0 amide bonds. The summed E-state index contributed by atoms with van der Waals surface area (Å²) < 4.78 is 6.12. The fourth-order valence-electron chi connectivity index (χ4n) is 7.52. The molecule has 2 bridgehead atoms. The summed E-state index contributed by atoms with van der Waals surface area (Å²) in [6.07, 6.45) is 6.46. The third-order valence-electron chi connectivity index (χ3n) is 8.43. The van der Waals surface area contributed by atoms with Crippen molar-refractivity contribution in [1.29, 1.82) is 0 Å². The van der Waals surface area contributed by atoms with Crippen LogP contribution in [-0.4, -0.2) is 30.1 Å². The molecule has 3 saturated carbocycles. The first kappa shape index (κ1) is 15.9. The van der Waals surface area contributed by atoms with E-state index in [2.05, 4.69) is 6.92 Å². The zero-order valence-electron chi connectivity index (χ0n) is 15.0. The van der Waals surface area contributed by atoms with Crippen LogP contribution in [0.5, 0.6) is 0 Å². The molecule has 5 aliphatic rings. The molecule has 0 spiro atoms. The van der Waals surface area contributed by atoms with E-state index in [-0.39, 0.29) is 40.3 Å². The van der Waals surface area contributed by atoms with E-state index in [0.29, 0.717) is 37.1 Å². The number of fused-ring (bicyclic) bond motifs is 3. The van der Waals surface area contributed by atoms with Crippen molar-refractivity contribution in [2.24, 2.45) is 34.5 Å². The van der Waals surface area contributed by atoms with E-state index in [1.807, 2.05) is 0 Å². The standard InChI is InChI=1S/C21H26O4/c1-11(22)14-3-4-15-13-8-18-16-7-12(23)5-6-21(16,10-25-18)19(13)17(24)9-20(14,15)2/h7,13-15,18-19H,3-6,8-10H2,1-2H3/t13-,14+,15-,18-,19+,20+,21+/m0/s1. The van der Waals surface area contributed by atoms with E-state index in [4.69, 9.17) is 4.74 Å². The molecule has 7 atom stereocenters. The van der Waals surface area contributed by atoms with Gasteiger partial charge in [-0.05, 0) is 61.5 Å². The molecule has 134 valence electrons. The van der Waals surface area contributed by atoms with E-state index in [1.165, 1.54) is 0 Å². The lowest BCUT2D eigenvalue weighted by molar-refractivity contribution is -0.147. The lowest BCUT2D eigenvalue weighted by atomic mass is 9.46. The van der Waals surface area contributed by atoms with Crippen molar-refractivity contribution in [1.82, 2.24) is 0 Å². The van der Waals surface area contributed by atoms with Gasteiger partial charge in [0.2, 0.25) is 0 Å². The maximum atomic E-state index is 13.4. The van der Waals surface area contributed by atoms with Gasteiger partial charge in [-0.15, -0.1) is 0 Å². The third-order valence-corrected chi connectivity index (χ3v) is 8.43. The molecule has 0 aromatic carbocycles. The summed E-state index contributed by atoms with van der Waals surface area (Å²) in [5, 5.41) is 0. The summed E-state index contributed by atoms with van der Waals surface area (Å²) in [5.41, 5.74) is 0.711. The first-order valence-electron chi connectivity index (χ1n) is 9.76. The Bertz CT molecular complexity index is 721. The molecule has 5 rings (SSSR count). The molecule has 4 fully saturated rings. The summed E-state index contributed by atoms with van der Waals surface area (Å²) in [5.74, 6) is 1.52. The largest absolute Gasteiger partial charge is 0.373 e. The predicted molar refractivity (Wildman–Crippen MR) is 90.7 cm³/mol. The Morgan fingerprint density at radius 1 is 1.28 bits per heavy atom. The number of ether oxygens (including phenoxy) is 1. The van der Waals surface area contributed by atoms with Gasteiger partial charge < -0.3 is 4.74 Å². The van der Waals surface area contributed by atoms with Crippen molar-refractivity contribution in [3.63, 3.8) is 0 Å². The maximum Gasteiger partial charge on any atom is 0.155 e. The van der Waals surface area contributed by atoms with Crippen LogP contribution < -0.4 is 0 Å². The Hall–Kier alpha value is -1.29. The highest BCUT2D eigenvalue weighted by molar-refractivity contribution is 5.94. The Morgan fingerprint density at radius 3 is 2.84 bits per heavy atom. The van der Waals surface area contributed by atoms with Gasteiger partial charge in [0.15, 0.2) is 5.78 Å². The highest BCUT2D eigenvalue weighted by Crippen LogP contribution is 2.67. The van der Waals surface area contributed by atoms with Crippen molar-refractivity contribution in [3.8, 4) is 0 Å². The first-order chi connectivity index (χ1) is 11.9. The number of hydrogen-bond donors (Lipinski definition) is 0. The summed E-state index contributed by atoms with van der Waals surface area (Å²) in [6, 6.07) is 0.